The molecule has 0 unspecified atom stereocenters. The van der Waals surface area contributed by atoms with Crippen LogP contribution in [0.15, 0.2) is 42.6 Å². The topological polar surface area (TPSA) is 41.6 Å². The fourth-order valence-corrected chi connectivity index (χ4v) is 1.95. The van der Waals surface area contributed by atoms with Gasteiger partial charge >= 0.3 is 0 Å². The summed E-state index contributed by atoms with van der Waals surface area (Å²) in [5.41, 5.74) is 2.48. The zero-order valence-corrected chi connectivity index (χ0v) is 9.73. The largest absolute Gasteiger partial charge is 0.341 e. The monoisotopic (exact) mass is 241 g/mol. The minimum atomic E-state index is -0.347. The van der Waals surface area contributed by atoms with E-state index in [1.807, 2.05) is 18.2 Å². The Morgan fingerprint density at radius 1 is 1.11 bits per heavy atom. The van der Waals surface area contributed by atoms with E-state index < -0.39 is 0 Å². The predicted molar refractivity (Wildman–Crippen MR) is 67.7 cm³/mol. The van der Waals surface area contributed by atoms with Gasteiger partial charge in [-0.05, 0) is 12.0 Å². The Balaban J connectivity index is 1.79. The molecule has 0 spiro atoms. The lowest BCUT2D eigenvalue weighted by atomic mass is 10.1. The Hall–Kier alpha value is -2.23. The maximum atomic E-state index is 13.0. The van der Waals surface area contributed by atoms with Gasteiger partial charge in [0, 0.05) is 12.5 Å². The molecule has 0 bridgehead atoms. The third-order valence-corrected chi connectivity index (χ3v) is 2.85. The summed E-state index contributed by atoms with van der Waals surface area (Å²) in [5, 5.41) is 0. The molecule has 18 heavy (non-hydrogen) atoms. The molecule has 0 aliphatic carbocycles. The molecule has 1 aromatic carbocycles. The molecular formula is C14H12FN3. The van der Waals surface area contributed by atoms with Gasteiger partial charge in [0.15, 0.2) is 5.65 Å². The molecule has 3 nitrogen and oxygen atoms in total. The van der Waals surface area contributed by atoms with Crippen molar-refractivity contribution in [3.63, 3.8) is 0 Å². The van der Waals surface area contributed by atoms with Crippen LogP contribution in [0.25, 0.3) is 11.2 Å². The summed E-state index contributed by atoms with van der Waals surface area (Å²) in [5.74, 6) is 0.493. The van der Waals surface area contributed by atoms with Crippen LogP contribution in [-0.2, 0) is 12.8 Å². The molecule has 0 saturated heterocycles. The molecule has 0 aliphatic heterocycles. The molecule has 0 amide bonds. The number of hydrogen-bond acceptors (Lipinski definition) is 2. The highest BCUT2D eigenvalue weighted by Crippen LogP contribution is 2.11. The fraction of sp³-hybridized carbons (Fsp3) is 0.143. The quantitative estimate of drug-likeness (QED) is 0.766. The third-order valence-electron chi connectivity index (χ3n) is 2.85. The summed E-state index contributed by atoms with van der Waals surface area (Å²) in [4.78, 5) is 11.4. The number of aromatic nitrogens is 3. The predicted octanol–water partition coefficient (Wildman–Crippen LogP) is 2.88. The van der Waals surface area contributed by atoms with Gasteiger partial charge in [-0.1, -0.05) is 30.3 Å². The number of fused-ring (bicyclic) bond motifs is 1. The normalized spacial score (nSPS) is 10.9. The Morgan fingerprint density at radius 3 is 2.78 bits per heavy atom. The number of benzene rings is 1. The first-order chi connectivity index (χ1) is 8.81. The molecule has 1 N–H and O–H groups in total. The number of aromatic amines is 1. The molecule has 2 heterocycles. The van der Waals surface area contributed by atoms with Gasteiger partial charge in [0.05, 0.1) is 11.7 Å². The summed E-state index contributed by atoms with van der Waals surface area (Å²) >= 11 is 0. The number of aryl methyl sites for hydroxylation is 2. The molecule has 0 radical (unpaired) electrons. The SMILES string of the molecule is Fc1cnc2nc(CCc3ccccc3)[nH]c2c1. The average molecular weight is 241 g/mol. The minimum absolute atomic E-state index is 0.347. The van der Waals surface area contributed by atoms with E-state index in [9.17, 15) is 4.39 Å². The number of nitrogens with zero attached hydrogens (tertiary/aromatic N) is 2. The van der Waals surface area contributed by atoms with Crippen molar-refractivity contribution < 1.29 is 4.39 Å². The number of hydrogen-bond donors (Lipinski definition) is 1. The Morgan fingerprint density at radius 2 is 1.94 bits per heavy atom. The smallest absolute Gasteiger partial charge is 0.177 e. The first-order valence-electron chi connectivity index (χ1n) is 5.85. The highest BCUT2D eigenvalue weighted by atomic mass is 19.1. The van der Waals surface area contributed by atoms with Crippen LogP contribution in [0.5, 0.6) is 0 Å². The van der Waals surface area contributed by atoms with Crippen LogP contribution in [0.1, 0.15) is 11.4 Å². The van der Waals surface area contributed by atoms with E-state index in [1.165, 1.54) is 17.8 Å². The zero-order chi connectivity index (χ0) is 12.4. The number of H-pyrrole nitrogens is 1. The van der Waals surface area contributed by atoms with Gasteiger partial charge < -0.3 is 4.98 Å². The number of nitrogens with one attached hydrogen (secondary N) is 1. The second kappa shape index (κ2) is 4.56. The molecule has 3 rings (SSSR count). The molecule has 0 atom stereocenters. The summed E-state index contributed by atoms with van der Waals surface area (Å²) in [6.07, 6.45) is 2.88. The lowest BCUT2D eigenvalue weighted by Crippen LogP contribution is -1.92. The lowest BCUT2D eigenvalue weighted by Gasteiger charge is -1.97. The first kappa shape index (κ1) is 10.9. The van der Waals surface area contributed by atoms with E-state index in [-0.39, 0.29) is 5.82 Å². The van der Waals surface area contributed by atoms with E-state index in [2.05, 4.69) is 27.1 Å². The van der Waals surface area contributed by atoms with Crippen LogP contribution in [-0.4, -0.2) is 15.0 Å². The molecule has 0 saturated carbocycles. The molecule has 4 heteroatoms. The molecule has 3 aromatic rings. The zero-order valence-electron chi connectivity index (χ0n) is 9.73. The van der Waals surface area contributed by atoms with Crippen LogP contribution >= 0.6 is 0 Å². The second-order valence-corrected chi connectivity index (χ2v) is 4.19. The fourth-order valence-electron chi connectivity index (χ4n) is 1.95. The molecule has 0 aliphatic rings. The van der Waals surface area contributed by atoms with Gasteiger partial charge in [0.25, 0.3) is 0 Å². The standard InChI is InChI=1S/C14H12FN3/c15-11-8-12-14(16-9-11)18-13(17-12)7-6-10-4-2-1-3-5-10/h1-5,8-9H,6-7H2,(H,16,17,18). The van der Waals surface area contributed by atoms with Gasteiger partial charge in [-0.25, -0.2) is 14.4 Å². The lowest BCUT2D eigenvalue weighted by molar-refractivity contribution is 0.624. The van der Waals surface area contributed by atoms with Crippen molar-refractivity contribution in [3.8, 4) is 0 Å². The van der Waals surface area contributed by atoms with Crippen molar-refractivity contribution in [1.82, 2.24) is 15.0 Å². The van der Waals surface area contributed by atoms with E-state index in [4.69, 9.17) is 0 Å². The first-order valence-corrected chi connectivity index (χ1v) is 5.85. The number of pyridine rings is 1. The maximum absolute atomic E-state index is 13.0. The summed E-state index contributed by atoms with van der Waals surface area (Å²) in [7, 11) is 0. The number of imidazole rings is 1. The highest BCUT2D eigenvalue weighted by Gasteiger charge is 2.05. The van der Waals surface area contributed by atoms with Gasteiger partial charge in [-0.15, -0.1) is 0 Å². The number of halogens is 1. The highest BCUT2D eigenvalue weighted by molar-refractivity contribution is 5.70. The summed E-state index contributed by atoms with van der Waals surface area (Å²) in [6.45, 7) is 0. The Labute approximate surface area is 104 Å². The van der Waals surface area contributed by atoms with Gasteiger partial charge in [0.1, 0.15) is 11.6 Å². The van der Waals surface area contributed by atoms with Crippen molar-refractivity contribution in [2.45, 2.75) is 12.8 Å². The summed E-state index contributed by atoms with van der Waals surface area (Å²) < 4.78 is 13.0. The van der Waals surface area contributed by atoms with Gasteiger partial charge in [0.2, 0.25) is 0 Å². The Kier molecular flexibility index (Phi) is 2.76. The van der Waals surface area contributed by atoms with E-state index in [0.717, 1.165) is 18.7 Å². The number of rotatable bonds is 3. The van der Waals surface area contributed by atoms with Crippen molar-refractivity contribution in [2.24, 2.45) is 0 Å². The second-order valence-electron chi connectivity index (χ2n) is 4.19. The van der Waals surface area contributed by atoms with E-state index in [0.29, 0.717) is 11.2 Å². The van der Waals surface area contributed by atoms with Gasteiger partial charge in [-0.2, -0.15) is 0 Å². The minimum Gasteiger partial charge on any atom is -0.341 e. The van der Waals surface area contributed by atoms with Gasteiger partial charge in [-0.3, -0.25) is 0 Å². The third kappa shape index (κ3) is 2.22. The van der Waals surface area contributed by atoms with Crippen molar-refractivity contribution in [2.75, 3.05) is 0 Å². The van der Waals surface area contributed by atoms with Crippen LogP contribution in [0.3, 0.4) is 0 Å². The van der Waals surface area contributed by atoms with Crippen LogP contribution in [0, 0.1) is 5.82 Å². The van der Waals surface area contributed by atoms with E-state index in [1.54, 1.807) is 0 Å². The van der Waals surface area contributed by atoms with Crippen molar-refractivity contribution >= 4 is 11.2 Å². The van der Waals surface area contributed by atoms with E-state index >= 15 is 0 Å². The van der Waals surface area contributed by atoms with Crippen LogP contribution < -0.4 is 0 Å². The molecule has 0 fully saturated rings. The molecule has 2 aromatic heterocycles. The molecular weight excluding hydrogens is 229 g/mol. The van der Waals surface area contributed by atoms with Crippen molar-refractivity contribution in [3.05, 3.63) is 59.8 Å². The average Bonchev–Trinajstić information content (AvgIpc) is 2.79. The Bertz CT molecular complexity index is 661. The molecule has 90 valence electrons. The van der Waals surface area contributed by atoms with Crippen molar-refractivity contribution in [1.29, 1.82) is 0 Å². The summed E-state index contributed by atoms with van der Waals surface area (Å²) in [6, 6.07) is 11.6. The van der Waals surface area contributed by atoms with Crippen LogP contribution in [0.2, 0.25) is 0 Å². The maximum Gasteiger partial charge on any atom is 0.177 e. The van der Waals surface area contributed by atoms with Crippen LogP contribution in [0.4, 0.5) is 4.39 Å².